The van der Waals surface area contributed by atoms with Crippen molar-refractivity contribution in [2.24, 2.45) is 0 Å². The monoisotopic (exact) mass is 260 g/mol. The first-order chi connectivity index (χ1) is 9.22. The van der Waals surface area contributed by atoms with Gasteiger partial charge in [-0.2, -0.15) is 0 Å². The lowest BCUT2D eigenvalue weighted by Crippen LogP contribution is -2.28. The van der Waals surface area contributed by atoms with E-state index in [-0.39, 0.29) is 5.69 Å². The fourth-order valence-electron chi connectivity index (χ4n) is 2.74. The lowest BCUT2D eigenvalue weighted by Gasteiger charge is -2.21. The van der Waals surface area contributed by atoms with Gasteiger partial charge in [-0.25, -0.2) is 4.79 Å². The van der Waals surface area contributed by atoms with Crippen LogP contribution in [-0.4, -0.2) is 36.1 Å². The summed E-state index contributed by atoms with van der Waals surface area (Å²) in [6.45, 7) is 2.18. The highest BCUT2D eigenvalue weighted by molar-refractivity contribution is 5.78. The van der Waals surface area contributed by atoms with Gasteiger partial charge >= 0.3 is 5.69 Å². The molecule has 0 spiro atoms. The zero-order valence-corrected chi connectivity index (χ0v) is 11.2. The molecule has 0 amide bonds. The van der Waals surface area contributed by atoms with Crippen molar-refractivity contribution in [3.8, 4) is 0 Å². The molecule has 1 aromatic carbocycles. The summed E-state index contributed by atoms with van der Waals surface area (Å²) in [5, 5.41) is 3.52. The highest BCUT2D eigenvalue weighted by atomic mass is 16.1. The van der Waals surface area contributed by atoms with Crippen molar-refractivity contribution in [1.82, 2.24) is 15.3 Å². The second-order valence-corrected chi connectivity index (χ2v) is 5.31. The average molecular weight is 260 g/mol. The first kappa shape index (κ1) is 12.3. The fourth-order valence-corrected chi connectivity index (χ4v) is 2.74. The van der Waals surface area contributed by atoms with Crippen LogP contribution in [0.2, 0.25) is 0 Å². The number of aromatic amines is 2. The minimum Gasteiger partial charge on any atom is -0.374 e. The molecule has 5 nitrogen and oxygen atoms in total. The summed E-state index contributed by atoms with van der Waals surface area (Å²) >= 11 is 0. The van der Waals surface area contributed by atoms with Gasteiger partial charge in [0.2, 0.25) is 0 Å². The summed E-state index contributed by atoms with van der Waals surface area (Å²) in [7, 11) is 2.10. The van der Waals surface area contributed by atoms with Crippen molar-refractivity contribution in [1.29, 1.82) is 0 Å². The summed E-state index contributed by atoms with van der Waals surface area (Å²) < 4.78 is 0. The van der Waals surface area contributed by atoms with Gasteiger partial charge in [-0.05, 0) is 44.0 Å². The van der Waals surface area contributed by atoms with Crippen LogP contribution in [0.25, 0.3) is 11.0 Å². The third-order valence-electron chi connectivity index (χ3n) is 3.92. The van der Waals surface area contributed by atoms with Crippen molar-refractivity contribution in [2.75, 3.05) is 25.0 Å². The van der Waals surface area contributed by atoms with E-state index >= 15 is 0 Å². The number of benzene rings is 1. The standard InChI is InChI=1S/C14H20N4O/c1-18(8-6-10-3-2-7-15-10)11-4-5-12-13(9-11)17-14(19)16-12/h4-5,9-10,15H,2-3,6-8H2,1H3,(H2,16,17,19). The lowest BCUT2D eigenvalue weighted by atomic mass is 10.1. The maximum atomic E-state index is 11.2. The lowest BCUT2D eigenvalue weighted by molar-refractivity contribution is 0.559. The van der Waals surface area contributed by atoms with Crippen LogP contribution in [-0.2, 0) is 0 Å². The van der Waals surface area contributed by atoms with E-state index in [1.54, 1.807) is 0 Å². The third-order valence-corrected chi connectivity index (χ3v) is 3.92. The van der Waals surface area contributed by atoms with Crippen LogP contribution in [0, 0.1) is 0 Å². The number of hydrogen-bond donors (Lipinski definition) is 3. The Morgan fingerprint density at radius 3 is 2.95 bits per heavy atom. The summed E-state index contributed by atoms with van der Waals surface area (Å²) in [5.41, 5.74) is 2.72. The molecule has 5 heteroatoms. The number of rotatable bonds is 4. The van der Waals surface area contributed by atoms with E-state index in [0.29, 0.717) is 6.04 Å². The molecule has 1 atom stereocenters. The van der Waals surface area contributed by atoms with Crippen molar-refractivity contribution < 1.29 is 0 Å². The van der Waals surface area contributed by atoms with Crippen molar-refractivity contribution in [3.05, 3.63) is 28.7 Å². The molecule has 2 aromatic rings. The van der Waals surface area contributed by atoms with Crippen LogP contribution in [0.1, 0.15) is 19.3 Å². The molecule has 0 aliphatic carbocycles. The SMILES string of the molecule is CN(CCC1CCCN1)c1ccc2[nH]c(=O)[nH]c2c1. The van der Waals surface area contributed by atoms with Gasteiger partial charge in [0.15, 0.2) is 0 Å². The molecule has 1 fully saturated rings. The Labute approximate surface area is 112 Å². The van der Waals surface area contributed by atoms with Gasteiger partial charge in [0.05, 0.1) is 11.0 Å². The smallest absolute Gasteiger partial charge is 0.323 e. The molecule has 102 valence electrons. The highest BCUT2D eigenvalue weighted by Gasteiger charge is 2.14. The molecule has 1 unspecified atom stereocenters. The van der Waals surface area contributed by atoms with Gasteiger partial charge in [-0.3, -0.25) is 0 Å². The van der Waals surface area contributed by atoms with Gasteiger partial charge in [-0.15, -0.1) is 0 Å². The number of fused-ring (bicyclic) bond motifs is 1. The van der Waals surface area contributed by atoms with E-state index < -0.39 is 0 Å². The minimum atomic E-state index is -0.148. The number of nitrogens with one attached hydrogen (secondary N) is 3. The number of hydrogen-bond acceptors (Lipinski definition) is 3. The maximum Gasteiger partial charge on any atom is 0.323 e. The van der Waals surface area contributed by atoms with Crippen LogP contribution in [0.4, 0.5) is 5.69 Å². The quantitative estimate of drug-likeness (QED) is 0.779. The Kier molecular flexibility index (Phi) is 3.29. The first-order valence-electron chi connectivity index (χ1n) is 6.89. The van der Waals surface area contributed by atoms with Crippen LogP contribution in [0.3, 0.4) is 0 Å². The zero-order chi connectivity index (χ0) is 13.2. The Morgan fingerprint density at radius 2 is 2.16 bits per heavy atom. The molecule has 2 heterocycles. The van der Waals surface area contributed by atoms with Crippen molar-refractivity contribution in [3.63, 3.8) is 0 Å². The summed E-state index contributed by atoms with van der Waals surface area (Å²) in [5.74, 6) is 0. The fraction of sp³-hybridized carbons (Fsp3) is 0.500. The third kappa shape index (κ3) is 2.66. The highest BCUT2D eigenvalue weighted by Crippen LogP contribution is 2.19. The molecular formula is C14H20N4O. The molecule has 19 heavy (non-hydrogen) atoms. The summed E-state index contributed by atoms with van der Waals surface area (Å²) in [6, 6.07) is 6.69. The molecule has 3 rings (SSSR count). The van der Waals surface area contributed by atoms with Gasteiger partial charge in [0.25, 0.3) is 0 Å². The zero-order valence-electron chi connectivity index (χ0n) is 11.2. The molecule has 1 saturated heterocycles. The number of imidazole rings is 1. The first-order valence-corrected chi connectivity index (χ1v) is 6.89. The second-order valence-electron chi connectivity index (χ2n) is 5.31. The second kappa shape index (κ2) is 5.09. The topological polar surface area (TPSA) is 63.9 Å². The van der Waals surface area contributed by atoms with Crippen molar-refractivity contribution >= 4 is 16.7 Å². The molecule has 0 bridgehead atoms. The van der Waals surface area contributed by atoms with Gasteiger partial charge < -0.3 is 20.2 Å². The van der Waals surface area contributed by atoms with Gasteiger partial charge in [0.1, 0.15) is 0 Å². The summed E-state index contributed by atoms with van der Waals surface area (Å²) in [4.78, 5) is 19.0. The Morgan fingerprint density at radius 1 is 1.32 bits per heavy atom. The van der Waals surface area contributed by atoms with Crippen LogP contribution in [0.5, 0.6) is 0 Å². The van der Waals surface area contributed by atoms with Gasteiger partial charge in [-0.1, -0.05) is 0 Å². The van der Waals surface area contributed by atoms with Crippen LogP contribution in [0.15, 0.2) is 23.0 Å². The number of nitrogens with zero attached hydrogens (tertiary/aromatic N) is 1. The molecule has 1 aliphatic rings. The van der Waals surface area contributed by atoms with Gasteiger partial charge in [0, 0.05) is 25.3 Å². The van der Waals surface area contributed by atoms with E-state index in [1.807, 2.05) is 18.2 Å². The maximum absolute atomic E-state index is 11.2. The Bertz CT molecular complexity index is 609. The Hall–Kier alpha value is -1.75. The van der Waals surface area contributed by atoms with E-state index in [1.165, 1.54) is 12.8 Å². The Balaban J connectivity index is 1.69. The average Bonchev–Trinajstić information content (AvgIpc) is 3.02. The molecular weight excluding hydrogens is 240 g/mol. The predicted molar refractivity (Wildman–Crippen MR) is 77.8 cm³/mol. The number of aromatic nitrogens is 2. The minimum absolute atomic E-state index is 0.148. The normalized spacial score (nSPS) is 19.1. The number of anilines is 1. The molecule has 1 aliphatic heterocycles. The molecule has 3 N–H and O–H groups in total. The largest absolute Gasteiger partial charge is 0.374 e. The van der Waals surface area contributed by atoms with Crippen molar-refractivity contribution in [2.45, 2.75) is 25.3 Å². The molecule has 1 aromatic heterocycles. The van der Waals surface area contributed by atoms with E-state index in [4.69, 9.17) is 0 Å². The predicted octanol–water partition coefficient (Wildman–Crippen LogP) is 1.43. The van der Waals surface area contributed by atoms with E-state index in [0.717, 1.165) is 36.2 Å². The van der Waals surface area contributed by atoms with Crippen LogP contribution < -0.4 is 15.9 Å². The summed E-state index contributed by atoms with van der Waals surface area (Å²) in [6.07, 6.45) is 3.75. The molecule has 0 radical (unpaired) electrons. The van der Waals surface area contributed by atoms with E-state index in [2.05, 4.69) is 27.2 Å². The van der Waals surface area contributed by atoms with Crippen LogP contribution >= 0.6 is 0 Å². The number of H-pyrrole nitrogens is 2. The molecule has 0 saturated carbocycles. The van der Waals surface area contributed by atoms with E-state index in [9.17, 15) is 4.79 Å².